The van der Waals surface area contributed by atoms with Gasteiger partial charge in [0.05, 0.1) is 24.9 Å². The van der Waals surface area contributed by atoms with Gasteiger partial charge in [-0.2, -0.15) is 0 Å². The Kier molecular flexibility index (Phi) is 7.45. The monoisotopic (exact) mass is 492 g/mol. The maximum atomic E-state index is 13.7. The highest BCUT2D eigenvalue weighted by atomic mass is 35.5. The standard InChI is InChI=1S/C23H22ClFN2O5S/c1-15-7-9-21(32-3)22(11-15)33(29,30)27(18-8-10-20(31-2)19(24)13-18)14-23(28)26-17-6-4-5-16(25)12-17/h4-13H,14H2,1-3H3,(H,26,28). The Morgan fingerprint density at radius 1 is 1.03 bits per heavy atom. The number of sulfonamides is 1. The number of nitrogens with one attached hydrogen (secondary N) is 1. The molecule has 0 spiro atoms. The van der Waals surface area contributed by atoms with Gasteiger partial charge in [0, 0.05) is 5.69 Å². The van der Waals surface area contributed by atoms with Gasteiger partial charge in [0.2, 0.25) is 5.91 Å². The van der Waals surface area contributed by atoms with E-state index in [2.05, 4.69) is 5.32 Å². The van der Waals surface area contributed by atoms with Gasteiger partial charge in [-0.1, -0.05) is 23.7 Å². The van der Waals surface area contributed by atoms with Crippen LogP contribution in [-0.2, 0) is 14.8 Å². The van der Waals surface area contributed by atoms with E-state index in [1.165, 1.54) is 62.8 Å². The molecule has 0 radical (unpaired) electrons. The van der Waals surface area contributed by atoms with Crippen LogP contribution in [0.15, 0.2) is 65.6 Å². The molecule has 0 heterocycles. The Labute approximate surface area is 196 Å². The van der Waals surface area contributed by atoms with E-state index in [0.717, 1.165) is 10.4 Å². The van der Waals surface area contributed by atoms with Crippen molar-refractivity contribution in [3.63, 3.8) is 0 Å². The largest absolute Gasteiger partial charge is 0.495 e. The fraction of sp³-hybridized carbons (Fsp3) is 0.174. The minimum Gasteiger partial charge on any atom is -0.495 e. The number of hydrogen-bond donors (Lipinski definition) is 1. The summed E-state index contributed by atoms with van der Waals surface area (Å²) in [6.45, 7) is 1.14. The van der Waals surface area contributed by atoms with Crippen molar-refractivity contribution < 1.29 is 27.1 Å². The minimum absolute atomic E-state index is 0.115. The highest BCUT2D eigenvalue weighted by Gasteiger charge is 2.30. The SMILES string of the molecule is COc1ccc(N(CC(=O)Nc2cccc(F)c2)S(=O)(=O)c2cc(C)ccc2OC)cc1Cl. The first kappa shape index (κ1) is 24.3. The number of aryl methyl sites for hydroxylation is 1. The zero-order chi connectivity index (χ0) is 24.2. The van der Waals surface area contributed by atoms with E-state index < -0.39 is 28.3 Å². The highest BCUT2D eigenvalue weighted by Crippen LogP contribution is 2.34. The molecular formula is C23H22ClFN2O5S. The lowest BCUT2D eigenvalue weighted by Crippen LogP contribution is -2.38. The van der Waals surface area contributed by atoms with Crippen LogP contribution in [-0.4, -0.2) is 35.1 Å². The van der Waals surface area contributed by atoms with Crippen LogP contribution in [0.25, 0.3) is 0 Å². The van der Waals surface area contributed by atoms with Crippen molar-refractivity contribution in [3.8, 4) is 11.5 Å². The van der Waals surface area contributed by atoms with Crippen LogP contribution in [0.1, 0.15) is 5.56 Å². The summed E-state index contributed by atoms with van der Waals surface area (Å²) in [7, 11) is -1.49. The third-order valence-corrected chi connectivity index (χ3v) is 6.80. The van der Waals surface area contributed by atoms with Crippen LogP contribution in [0.2, 0.25) is 5.02 Å². The molecule has 1 amide bonds. The topological polar surface area (TPSA) is 84.9 Å². The average molecular weight is 493 g/mol. The fourth-order valence-electron chi connectivity index (χ4n) is 3.13. The molecular weight excluding hydrogens is 471 g/mol. The minimum atomic E-state index is -4.28. The number of anilines is 2. The van der Waals surface area contributed by atoms with E-state index in [-0.39, 0.29) is 27.0 Å². The summed E-state index contributed by atoms with van der Waals surface area (Å²) in [5.41, 5.74) is 1.02. The highest BCUT2D eigenvalue weighted by molar-refractivity contribution is 7.93. The summed E-state index contributed by atoms with van der Waals surface area (Å²) in [6.07, 6.45) is 0. The second-order valence-electron chi connectivity index (χ2n) is 7.04. The van der Waals surface area contributed by atoms with Crippen LogP contribution in [0.3, 0.4) is 0 Å². The smallest absolute Gasteiger partial charge is 0.268 e. The number of amides is 1. The van der Waals surface area contributed by atoms with E-state index >= 15 is 0 Å². The summed E-state index contributed by atoms with van der Waals surface area (Å²) in [4.78, 5) is 12.7. The van der Waals surface area contributed by atoms with Gasteiger partial charge in [0.25, 0.3) is 10.0 Å². The molecule has 7 nitrogen and oxygen atoms in total. The first-order valence-electron chi connectivity index (χ1n) is 9.72. The van der Waals surface area contributed by atoms with Crippen molar-refractivity contribution in [2.75, 3.05) is 30.4 Å². The van der Waals surface area contributed by atoms with Crippen LogP contribution >= 0.6 is 11.6 Å². The molecule has 0 aliphatic rings. The molecule has 0 unspecified atom stereocenters. The summed E-state index contributed by atoms with van der Waals surface area (Å²) in [6, 6.07) is 14.3. The van der Waals surface area contributed by atoms with E-state index in [1.807, 2.05) is 0 Å². The van der Waals surface area contributed by atoms with E-state index in [9.17, 15) is 17.6 Å². The predicted octanol–water partition coefficient (Wildman–Crippen LogP) is 4.64. The van der Waals surface area contributed by atoms with Gasteiger partial charge in [-0.25, -0.2) is 12.8 Å². The Balaban J connectivity index is 2.06. The molecule has 3 rings (SSSR count). The summed E-state index contributed by atoms with van der Waals surface area (Å²) in [5, 5.41) is 2.67. The summed E-state index contributed by atoms with van der Waals surface area (Å²) in [5.74, 6) is -0.752. The number of hydrogen-bond acceptors (Lipinski definition) is 5. The van der Waals surface area contributed by atoms with Crippen LogP contribution in [0, 0.1) is 12.7 Å². The molecule has 0 saturated carbocycles. The Morgan fingerprint density at radius 3 is 2.36 bits per heavy atom. The van der Waals surface area contributed by atoms with Gasteiger partial charge in [0.1, 0.15) is 28.8 Å². The molecule has 3 aromatic rings. The molecule has 0 aliphatic carbocycles. The first-order chi connectivity index (χ1) is 15.6. The predicted molar refractivity (Wildman–Crippen MR) is 125 cm³/mol. The third kappa shape index (κ3) is 5.55. The molecule has 3 aromatic carbocycles. The van der Waals surface area contributed by atoms with Crippen molar-refractivity contribution in [2.24, 2.45) is 0 Å². The molecule has 0 aliphatic heterocycles. The first-order valence-corrected chi connectivity index (χ1v) is 11.5. The number of halogens is 2. The van der Waals surface area contributed by atoms with Crippen LogP contribution in [0.4, 0.5) is 15.8 Å². The van der Waals surface area contributed by atoms with Gasteiger partial charge in [-0.3, -0.25) is 9.10 Å². The van der Waals surface area contributed by atoms with Gasteiger partial charge < -0.3 is 14.8 Å². The van der Waals surface area contributed by atoms with Gasteiger partial charge in [-0.15, -0.1) is 0 Å². The zero-order valence-corrected chi connectivity index (χ0v) is 19.7. The molecule has 1 N–H and O–H groups in total. The fourth-order valence-corrected chi connectivity index (χ4v) is 5.03. The Bertz CT molecular complexity index is 1280. The van der Waals surface area contributed by atoms with E-state index in [4.69, 9.17) is 21.1 Å². The van der Waals surface area contributed by atoms with Crippen molar-refractivity contribution in [1.82, 2.24) is 0 Å². The number of benzene rings is 3. The molecule has 10 heteroatoms. The second kappa shape index (κ2) is 10.1. The van der Waals surface area contributed by atoms with E-state index in [0.29, 0.717) is 11.3 Å². The molecule has 0 fully saturated rings. The van der Waals surface area contributed by atoms with Gasteiger partial charge in [0.15, 0.2) is 0 Å². The van der Waals surface area contributed by atoms with Crippen molar-refractivity contribution >= 4 is 38.9 Å². The number of nitrogens with zero attached hydrogens (tertiary/aromatic N) is 1. The molecule has 0 bridgehead atoms. The molecule has 0 saturated heterocycles. The van der Waals surface area contributed by atoms with Crippen LogP contribution in [0.5, 0.6) is 11.5 Å². The molecule has 0 atom stereocenters. The van der Waals surface area contributed by atoms with Gasteiger partial charge in [-0.05, 0) is 61.0 Å². The van der Waals surface area contributed by atoms with Crippen LogP contribution < -0.4 is 19.1 Å². The Hall–Kier alpha value is -3.30. The number of rotatable bonds is 8. The summed E-state index contributed by atoms with van der Waals surface area (Å²) < 4.78 is 52.2. The average Bonchev–Trinajstić information content (AvgIpc) is 2.77. The Morgan fingerprint density at radius 2 is 1.73 bits per heavy atom. The number of methoxy groups -OCH3 is 2. The number of carbonyl (C=O) groups excluding carboxylic acids is 1. The van der Waals surface area contributed by atoms with E-state index in [1.54, 1.807) is 13.0 Å². The van der Waals surface area contributed by atoms with Crippen molar-refractivity contribution in [1.29, 1.82) is 0 Å². The lowest BCUT2D eigenvalue weighted by Gasteiger charge is -2.25. The normalized spacial score (nSPS) is 11.1. The zero-order valence-electron chi connectivity index (χ0n) is 18.1. The molecule has 174 valence electrons. The van der Waals surface area contributed by atoms with Crippen molar-refractivity contribution in [2.45, 2.75) is 11.8 Å². The molecule has 33 heavy (non-hydrogen) atoms. The van der Waals surface area contributed by atoms with Gasteiger partial charge >= 0.3 is 0 Å². The maximum absolute atomic E-state index is 13.7. The molecule has 0 aromatic heterocycles. The lowest BCUT2D eigenvalue weighted by molar-refractivity contribution is -0.114. The number of ether oxygens (including phenoxy) is 2. The maximum Gasteiger partial charge on any atom is 0.268 e. The quantitative estimate of drug-likeness (QED) is 0.495. The summed E-state index contributed by atoms with van der Waals surface area (Å²) >= 11 is 6.22. The lowest BCUT2D eigenvalue weighted by atomic mass is 10.2. The second-order valence-corrected chi connectivity index (χ2v) is 9.28. The third-order valence-electron chi connectivity index (χ3n) is 4.71. The van der Waals surface area contributed by atoms with Crippen molar-refractivity contribution in [3.05, 3.63) is 77.1 Å². The number of carbonyl (C=O) groups is 1.